The zero-order valence-electron chi connectivity index (χ0n) is 20.0. The Bertz CT molecular complexity index is 1010. The lowest BCUT2D eigenvalue weighted by atomic mass is 9.91. The van der Waals surface area contributed by atoms with Gasteiger partial charge in [-0.1, -0.05) is 24.6 Å². The maximum Gasteiger partial charge on any atom is 0.236 e. The predicted molar refractivity (Wildman–Crippen MR) is 132 cm³/mol. The number of amides is 1. The summed E-state index contributed by atoms with van der Waals surface area (Å²) in [6.45, 7) is 9.21. The molecule has 1 saturated carbocycles. The highest BCUT2D eigenvalue weighted by Gasteiger charge is 2.30. The van der Waals surface area contributed by atoms with Crippen molar-refractivity contribution < 1.29 is 9.59 Å². The molecule has 0 radical (unpaired) electrons. The molecule has 8 nitrogen and oxygen atoms in total. The van der Waals surface area contributed by atoms with E-state index >= 15 is 0 Å². The maximum atomic E-state index is 12.8. The Morgan fingerprint density at radius 3 is 2.29 bits per heavy atom. The fraction of sp³-hybridized carbons (Fsp3) is 0.538. The summed E-state index contributed by atoms with van der Waals surface area (Å²) in [7, 11) is 0. The molecule has 0 atom stereocenters. The smallest absolute Gasteiger partial charge is 0.236 e. The van der Waals surface area contributed by atoms with Crippen LogP contribution in [0, 0.1) is 0 Å². The van der Waals surface area contributed by atoms with E-state index in [4.69, 9.17) is 0 Å². The first-order chi connectivity index (χ1) is 16.6. The van der Waals surface area contributed by atoms with E-state index in [9.17, 15) is 9.59 Å². The molecule has 180 valence electrons. The van der Waals surface area contributed by atoms with Gasteiger partial charge in [0.05, 0.1) is 12.2 Å². The molecule has 1 aromatic heterocycles. The number of carbonyl (C=O) groups excluding carboxylic acids is 2. The molecule has 8 heteroatoms. The van der Waals surface area contributed by atoms with Crippen LogP contribution in [-0.4, -0.2) is 102 Å². The molecule has 3 fully saturated rings. The van der Waals surface area contributed by atoms with E-state index in [0.717, 1.165) is 75.5 Å². The van der Waals surface area contributed by atoms with E-state index in [1.165, 1.54) is 19.3 Å². The fourth-order valence-corrected chi connectivity index (χ4v) is 5.06. The van der Waals surface area contributed by atoms with Crippen molar-refractivity contribution in [2.24, 2.45) is 0 Å². The number of anilines is 1. The Hall–Kier alpha value is -2.84. The van der Waals surface area contributed by atoms with Crippen LogP contribution in [0.3, 0.4) is 0 Å². The maximum absolute atomic E-state index is 12.8. The van der Waals surface area contributed by atoms with Gasteiger partial charge in [-0.3, -0.25) is 19.4 Å². The highest BCUT2D eigenvalue weighted by atomic mass is 16.2. The third-order valence-electron chi connectivity index (χ3n) is 7.53. The number of hydrogen-bond acceptors (Lipinski definition) is 7. The zero-order chi connectivity index (χ0) is 23.5. The SMILES string of the molecule is CC(=O)c1cccc(-c2ccc(N3CCN(CC(=O)N4CCN(C5CCC5)CC4)CC3)nn2)c1. The topological polar surface area (TPSA) is 72.9 Å². The molecule has 0 spiro atoms. The first kappa shape index (κ1) is 22.9. The molecule has 5 rings (SSSR count). The molecule has 2 aliphatic heterocycles. The van der Waals surface area contributed by atoms with Gasteiger partial charge in [-0.15, -0.1) is 10.2 Å². The van der Waals surface area contributed by atoms with E-state index in [-0.39, 0.29) is 11.7 Å². The van der Waals surface area contributed by atoms with Gasteiger partial charge in [0.15, 0.2) is 11.6 Å². The van der Waals surface area contributed by atoms with E-state index < -0.39 is 0 Å². The van der Waals surface area contributed by atoms with Crippen LogP contribution in [0.25, 0.3) is 11.3 Å². The number of rotatable bonds is 6. The second-order valence-corrected chi connectivity index (χ2v) is 9.68. The lowest BCUT2D eigenvalue weighted by molar-refractivity contribution is -0.134. The number of carbonyl (C=O) groups is 2. The van der Waals surface area contributed by atoms with Crippen molar-refractivity contribution in [3.63, 3.8) is 0 Å². The van der Waals surface area contributed by atoms with Crippen molar-refractivity contribution in [2.75, 3.05) is 63.8 Å². The largest absolute Gasteiger partial charge is 0.353 e. The van der Waals surface area contributed by atoms with Crippen molar-refractivity contribution in [2.45, 2.75) is 32.2 Å². The first-order valence-electron chi connectivity index (χ1n) is 12.5. The molecule has 2 saturated heterocycles. The minimum atomic E-state index is 0.0405. The van der Waals surface area contributed by atoms with Gasteiger partial charge in [-0.05, 0) is 38.0 Å². The molecule has 1 amide bonds. The molecule has 34 heavy (non-hydrogen) atoms. The van der Waals surface area contributed by atoms with Crippen LogP contribution >= 0.6 is 0 Å². The second kappa shape index (κ2) is 10.2. The first-order valence-corrected chi connectivity index (χ1v) is 12.5. The average molecular weight is 463 g/mol. The van der Waals surface area contributed by atoms with Gasteiger partial charge in [0.2, 0.25) is 5.91 Å². The van der Waals surface area contributed by atoms with E-state index in [2.05, 4.69) is 24.9 Å². The summed E-state index contributed by atoms with van der Waals surface area (Å²) in [6, 6.07) is 12.2. The van der Waals surface area contributed by atoms with Crippen molar-refractivity contribution in [3.8, 4) is 11.3 Å². The number of benzene rings is 1. The van der Waals surface area contributed by atoms with Crippen LogP contribution in [0.2, 0.25) is 0 Å². The van der Waals surface area contributed by atoms with Crippen LogP contribution < -0.4 is 4.90 Å². The summed E-state index contributed by atoms with van der Waals surface area (Å²) in [5.41, 5.74) is 2.33. The third kappa shape index (κ3) is 5.13. The Labute approximate surface area is 201 Å². The number of ketones is 1. The minimum Gasteiger partial charge on any atom is -0.353 e. The Morgan fingerprint density at radius 2 is 1.68 bits per heavy atom. The van der Waals surface area contributed by atoms with Gasteiger partial charge in [-0.25, -0.2) is 0 Å². The van der Waals surface area contributed by atoms with Crippen LogP contribution in [-0.2, 0) is 4.79 Å². The summed E-state index contributed by atoms with van der Waals surface area (Å²) in [5, 5.41) is 8.84. The Kier molecular flexibility index (Phi) is 6.87. The molecule has 3 heterocycles. The molecule has 0 bridgehead atoms. The third-order valence-corrected chi connectivity index (χ3v) is 7.53. The van der Waals surface area contributed by atoms with E-state index in [1.54, 1.807) is 6.92 Å². The summed E-state index contributed by atoms with van der Waals surface area (Å²) >= 11 is 0. The second-order valence-electron chi connectivity index (χ2n) is 9.68. The normalized spacial score (nSPS) is 20.3. The summed E-state index contributed by atoms with van der Waals surface area (Å²) in [5.74, 6) is 1.15. The molecule has 3 aliphatic rings. The van der Waals surface area contributed by atoms with E-state index in [1.807, 2.05) is 41.3 Å². The van der Waals surface area contributed by atoms with Gasteiger partial charge in [0.25, 0.3) is 0 Å². The molecule has 1 aromatic carbocycles. The van der Waals surface area contributed by atoms with Crippen molar-refractivity contribution in [3.05, 3.63) is 42.0 Å². The van der Waals surface area contributed by atoms with E-state index in [0.29, 0.717) is 12.1 Å². The number of Topliss-reactive ketones (excluding diaryl/α,β-unsaturated/α-hetero) is 1. The highest BCUT2D eigenvalue weighted by molar-refractivity contribution is 5.95. The highest BCUT2D eigenvalue weighted by Crippen LogP contribution is 2.25. The van der Waals surface area contributed by atoms with Gasteiger partial charge in [0.1, 0.15) is 0 Å². The molecule has 1 aliphatic carbocycles. The van der Waals surface area contributed by atoms with Gasteiger partial charge in [-0.2, -0.15) is 0 Å². The molecule has 0 unspecified atom stereocenters. The quantitative estimate of drug-likeness (QED) is 0.609. The summed E-state index contributed by atoms with van der Waals surface area (Å²) in [6.07, 6.45) is 4.03. The Morgan fingerprint density at radius 1 is 0.912 bits per heavy atom. The number of nitrogens with zero attached hydrogens (tertiary/aromatic N) is 6. The standard InChI is InChI=1S/C26H34N6O2/c1-20(33)21-4-2-5-22(18-21)24-8-9-25(28-27-24)31-12-10-29(11-13-31)19-26(34)32-16-14-30(15-17-32)23-6-3-7-23/h2,4-5,8-9,18,23H,3,6-7,10-17,19H2,1H3. The lowest BCUT2D eigenvalue weighted by Crippen LogP contribution is -2.56. The minimum absolute atomic E-state index is 0.0405. The average Bonchev–Trinajstić information content (AvgIpc) is 2.84. The number of hydrogen-bond donors (Lipinski definition) is 0. The summed E-state index contributed by atoms with van der Waals surface area (Å²) in [4.78, 5) is 33.6. The van der Waals surface area contributed by atoms with Crippen molar-refractivity contribution in [1.82, 2.24) is 24.9 Å². The van der Waals surface area contributed by atoms with Crippen LogP contribution in [0.15, 0.2) is 36.4 Å². The number of aromatic nitrogens is 2. The van der Waals surface area contributed by atoms with Crippen molar-refractivity contribution in [1.29, 1.82) is 0 Å². The molecular weight excluding hydrogens is 428 g/mol. The Balaban J connectivity index is 1.09. The molecule has 0 N–H and O–H groups in total. The van der Waals surface area contributed by atoms with Gasteiger partial charge >= 0.3 is 0 Å². The summed E-state index contributed by atoms with van der Waals surface area (Å²) < 4.78 is 0. The zero-order valence-corrected chi connectivity index (χ0v) is 20.0. The predicted octanol–water partition coefficient (Wildman–Crippen LogP) is 2.16. The molecular formula is C26H34N6O2. The van der Waals surface area contributed by atoms with Crippen LogP contribution in [0.5, 0.6) is 0 Å². The van der Waals surface area contributed by atoms with Crippen molar-refractivity contribution >= 4 is 17.5 Å². The lowest BCUT2D eigenvalue weighted by Gasteiger charge is -2.43. The van der Waals surface area contributed by atoms with Gasteiger partial charge < -0.3 is 9.80 Å². The van der Waals surface area contributed by atoms with Gasteiger partial charge in [0, 0.05) is 69.5 Å². The van der Waals surface area contributed by atoms with Crippen LogP contribution in [0.1, 0.15) is 36.5 Å². The van der Waals surface area contributed by atoms with Crippen LogP contribution in [0.4, 0.5) is 5.82 Å². The fourth-order valence-electron chi connectivity index (χ4n) is 5.06. The number of piperazine rings is 2. The molecule has 2 aromatic rings. The monoisotopic (exact) mass is 462 g/mol.